The van der Waals surface area contributed by atoms with Crippen LogP contribution in [0.15, 0.2) is 35.1 Å². The SMILES string of the molecule is Cc1ccc(-c2nn(-c3c(Cl)ccc(CNC(=O)C(C)(C)C)c3F)c(=O)[nH]2)c(F)c1. The zero-order valence-corrected chi connectivity index (χ0v) is 17.7. The highest BCUT2D eigenvalue weighted by Gasteiger charge is 2.23. The number of carbonyl (C=O) groups is 1. The fourth-order valence-electron chi connectivity index (χ4n) is 2.76. The van der Waals surface area contributed by atoms with E-state index in [9.17, 15) is 14.0 Å². The second kappa shape index (κ2) is 8.02. The van der Waals surface area contributed by atoms with Crippen molar-refractivity contribution in [2.45, 2.75) is 34.2 Å². The van der Waals surface area contributed by atoms with Crippen molar-refractivity contribution >= 4 is 17.5 Å². The van der Waals surface area contributed by atoms with Gasteiger partial charge >= 0.3 is 5.69 Å². The summed E-state index contributed by atoms with van der Waals surface area (Å²) >= 11 is 6.14. The molecule has 0 saturated carbocycles. The van der Waals surface area contributed by atoms with E-state index < -0.39 is 22.7 Å². The Morgan fingerprint density at radius 2 is 1.93 bits per heavy atom. The van der Waals surface area contributed by atoms with Crippen molar-refractivity contribution in [1.29, 1.82) is 0 Å². The van der Waals surface area contributed by atoms with Gasteiger partial charge in [-0.1, -0.05) is 44.5 Å². The van der Waals surface area contributed by atoms with Crippen LogP contribution < -0.4 is 11.0 Å². The van der Waals surface area contributed by atoms with Crippen molar-refractivity contribution in [1.82, 2.24) is 20.1 Å². The van der Waals surface area contributed by atoms with Gasteiger partial charge in [0.05, 0.1) is 10.6 Å². The minimum atomic E-state index is -0.804. The average molecular weight is 435 g/mol. The monoisotopic (exact) mass is 434 g/mol. The first-order valence-corrected chi connectivity index (χ1v) is 9.58. The molecule has 1 aromatic heterocycles. The summed E-state index contributed by atoms with van der Waals surface area (Å²) in [5.74, 6) is -1.69. The molecule has 0 radical (unpaired) electrons. The highest BCUT2D eigenvalue weighted by Crippen LogP contribution is 2.26. The summed E-state index contributed by atoms with van der Waals surface area (Å²) in [6.45, 7) is 6.85. The third-order valence-electron chi connectivity index (χ3n) is 4.48. The zero-order valence-electron chi connectivity index (χ0n) is 16.9. The first kappa shape index (κ1) is 21.7. The summed E-state index contributed by atoms with van der Waals surface area (Å²) < 4.78 is 30.2. The van der Waals surface area contributed by atoms with Crippen molar-refractivity contribution in [3.05, 3.63) is 68.6 Å². The van der Waals surface area contributed by atoms with Crippen molar-refractivity contribution in [3.8, 4) is 17.1 Å². The van der Waals surface area contributed by atoms with Crippen LogP contribution in [0.25, 0.3) is 17.1 Å². The lowest BCUT2D eigenvalue weighted by molar-refractivity contribution is -0.128. The lowest BCUT2D eigenvalue weighted by Crippen LogP contribution is -2.34. The molecule has 158 valence electrons. The van der Waals surface area contributed by atoms with Gasteiger partial charge in [0, 0.05) is 17.5 Å². The minimum Gasteiger partial charge on any atom is -0.351 e. The molecule has 2 N–H and O–H groups in total. The molecule has 0 atom stereocenters. The van der Waals surface area contributed by atoms with Crippen molar-refractivity contribution in [3.63, 3.8) is 0 Å². The van der Waals surface area contributed by atoms with Crippen LogP contribution in [0.2, 0.25) is 5.02 Å². The second-order valence-corrected chi connectivity index (χ2v) is 8.38. The first-order chi connectivity index (χ1) is 14.0. The number of aromatic amines is 1. The Morgan fingerprint density at radius 3 is 2.57 bits per heavy atom. The van der Waals surface area contributed by atoms with Gasteiger partial charge in [0.1, 0.15) is 11.5 Å². The molecule has 0 aliphatic carbocycles. The Balaban J connectivity index is 2.01. The van der Waals surface area contributed by atoms with Crippen molar-refractivity contribution < 1.29 is 13.6 Å². The van der Waals surface area contributed by atoms with Crippen LogP contribution in [-0.2, 0) is 11.3 Å². The fraction of sp³-hybridized carbons (Fsp3) is 0.286. The predicted octanol–water partition coefficient (Wildman–Crippen LogP) is 4.13. The number of halogens is 3. The van der Waals surface area contributed by atoms with Gasteiger partial charge in [-0.25, -0.2) is 13.6 Å². The third kappa shape index (κ3) is 4.28. The lowest BCUT2D eigenvalue weighted by Gasteiger charge is -2.18. The highest BCUT2D eigenvalue weighted by atomic mass is 35.5. The zero-order chi connectivity index (χ0) is 22.2. The average Bonchev–Trinajstić information content (AvgIpc) is 3.01. The van der Waals surface area contributed by atoms with Gasteiger partial charge in [-0.2, -0.15) is 4.68 Å². The molecule has 0 spiro atoms. The molecule has 1 amide bonds. The van der Waals surface area contributed by atoms with E-state index in [1.165, 1.54) is 24.3 Å². The molecular weight excluding hydrogens is 414 g/mol. The molecule has 2 aromatic carbocycles. The summed E-state index contributed by atoms with van der Waals surface area (Å²) in [5.41, 5.74) is -0.790. The van der Waals surface area contributed by atoms with Gasteiger partial charge in [0.25, 0.3) is 0 Å². The molecule has 30 heavy (non-hydrogen) atoms. The van der Waals surface area contributed by atoms with Crippen LogP contribution >= 0.6 is 11.6 Å². The Morgan fingerprint density at radius 1 is 1.23 bits per heavy atom. The molecule has 0 bridgehead atoms. The number of benzene rings is 2. The number of nitrogens with zero attached hydrogens (tertiary/aromatic N) is 2. The van der Waals surface area contributed by atoms with Crippen molar-refractivity contribution in [2.75, 3.05) is 0 Å². The molecule has 9 heteroatoms. The maximum Gasteiger partial charge on any atom is 0.348 e. The van der Waals surface area contributed by atoms with Crippen LogP contribution in [0, 0.1) is 24.0 Å². The van der Waals surface area contributed by atoms with Gasteiger partial charge in [-0.05, 0) is 30.7 Å². The van der Waals surface area contributed by atoms with E-state index in [0.717, 1.165) is 4.68 Å². The lowest BCUT2D eigenvalue weighted by atomic mass is 9.95. The summed E-state index contributed by atoms with van der Waals surface area (Å²) in [5, 5.41) is 6.63. The summed E-state index contributed by atoms with van der Waals surface area (Å²) in [6, 6.07) is 7.28. The molecule has 0 fully saturated rings. The van der Waals surface area contributed by atoms with E-state index in [1.807, 2.05) is 0 Å². The first-order valence-electron chi connectivity index (χ1n) is 9.20. The van der Waals surface area contributed by atoms with Crippen LogP contribution in [0.3, 0.4) is 0 Å². The van der Waals surface area contributed by atoms with Crippen LogP contribution in [0.5, 0.6) is 0 Å². The number of amides is 1. The number of nitrogens with one attached hydrogen (secondary N) is 2. The predicted molar refractivity (Wildman–Crippen MR) is 111 cm³/mol. The molecule has 1 heterocycles. The number of H-pyrrole nitrogens is 1. The second-order valence-electron chi connectivity index (χ2n) is 7.98. The number of aryl methyl sites for hydroxylation is 1. The van der Waals surface area contributed by atoms with Crippen LogP contribution in [-0.4, -0.2) is 20.7 Å². The minimum absolute atomic E-state index is 0.0528. The summed E-state index contributed by atoms with van der Waals surface area (Å²) in [4.78, 5) is 26.9. The highest BCUT2D eigenvalue weighted by molar-refractivity contribution is 6.32. The van der Waals surface area contributed by atoms with E-state index in [4.69, 9.17) is 11.6 Å². The van der Waals surface area contributed by atoms with Crippen LogP contribution in [0.4, 0.5) is 8.78 Å². The Hall–Kier alpha value is -3.00. The molecule has 0 aliphatic rings. The third-order valence-corrected chi connectivity index (χ3v) is 4.78. The van der Waals surface area contributed by atoms with Crippen LogP contribution in [0.1, 0.15) is 31.9 Å². The normalized spacial score (nSPS) is 11.6. The molecule has 6 nitrogen and oxygen atoms in total. The van der Waals surface area contributed by atoms with E-state index in [1.54, 1.807) is 33.8 Å². The Kier molecular flexibility index (Phi) is 5.81. The molecule has 0 saturated heterocycles. The van der Waals surface area contributed by atoms with Gasteiger partial charge in [0.15, 0.2) is 11.6 Å². The molecule has 3 rings (SSSR count). The summed E-state index contributed by atoms with van der Waals surface area (Å²) in [7, 11) is 0. The van der Waals surface area contributed by atoms with Gasteiger partial charge in [-0.3, -0.25) is 9.78 Å². The fourth-order valence-corrected chi connectivity index (χ4v) is 2.99. The maximum atomic E-state index is 15.2. The maximum absolute atomic E-state index is 15.2. The quantitative estimate of drug-likeness (QED) is 0.648. The molecule has 3 aromatic rings. The topological polar surface area (TPSA) is 79.8 Å². The number of carbonyl (C=O) groups excluding carboxylic acids is 1. The molecule has 0 aliphatic heterocycles. The Labute approximate surface area is 176 Å². The number of aromatic nitrogens is 3. The largest absolute Gasteiger partial charge is 0.351 e. The number of hydrogen-bond acceptors (Lipinski definition) is 3. The number of rotatable bonds is 4. The van der Waals surface area contributed by atoms with E-state index in [2.05, 4.69) is 15.4 Å². The molecule has 0 unspecified atom stereocenters. The van der Waals surface area contributed by atoms with Gasteiger partial charge < -0.3 is 5.32 Å². The number of hydrogen-bond donors (Lipinski definition) is 2. The Bertz CT molecular complexity index is 1180. The van der Waals surface area contributed by atoms with Gasteiger partial charge in [0.2, 0.25) is 5.91 Å². The van der Waals surface area contributed by atoms with E-state index in [-0.39, 0.29) is 40.1 Å². The van der Waals surface area contributed by atoms with Gasteiger partial charge in [-0.15, -0.1) is 5.10 Å². The standard InChI is InChI=1S/C21H21ClF2N4O2/c1-11-5-7-13(15(23)9-11)18-26-20(30)28(27-18)17-14(22)8-6-12(16(17)24)10-25-19(29)21(2,3)4/h5-9H,10H2,1-4H3,(H,25,29)(H,26,27,30). The smallest absolute Gasteiger partial charge is 0.348 e. The summed E-state index contributed by atoms with van der Waals surface area (Å²) in [6.07, 6.45) is 0. The molecular formula is C21H21ClF2N4O2. The van der Waals surface area contributed by atoms with E-state index >= 15 is 4.39 Å². The van der Waals surface area contributed by atoms with Crippen molar-refractivity contribution in [2.24, 2.45) is 5.41 Å². The van der Waals surface area contributed by atoms with E-state index in [0.29, 0.717) is 5.56 Å².